The summed E-state index contributed by atoms with van der Waals surface area (Å²) in [5, 5.41) is 3.28. The normalized spacial score (nSPS) is 10.3. The average molecular weight is 357 g/mol. The summed E-state index contributed by atoms with van der Waals surface area (Å²) in [6, 6.07) is 9.43. The lowest BCUT2D eigenvalue weighted by Gasteiger charge is -2.18. The summed E-state index contributed by atoms with van der Waals surface area (Å²) in [5.74, 6) is 2.16. The van der Waals surface area contributed by atoms with Gasteiger partial charge in [0.2, 0.25) is 0 Å². The summed E-state index contributed by atoms with van der Waals surface area (Å²) >= 11 is 0. The minimum Gasteiger partial charge on any atom is -0.493 e. The van der Waals surface area contributed by atoms with E-state index in [0.717, 1.165) is 17.7 Å². The maximum Gasteiger partial charge on any atom is 0.254 e. The average Bonchev–Trinajstić information content (AvgIpc) is 2.69. The molecule has 0 fully saturated rings. The minimum absolute atomic E-state index is 0.0281. The predicted molar refractivity (Wildman–Crippen MR) is 103 cm³/mol. The summed E-state index contributed by atoms with van der Waals surface area (Å²) in [4.78, 5) is 18.5. The van der Waals surface area contributed by atoms with Gasteiger partial charge in [-0.15, -0.1) is 0 Å². The third-order valence-electron chi connectivity index (χ3n) is 4.23. The summed E-state index contributed by atoms with van der Waals surface area (Å²) < 4.78 is 10.6. The molecular weight excluding hydrogens is 330 g/mol. The minimum atomic E-state index is 0.0281. The summed E-state index contributed by atoms with van der Waals surface area (Å²) in [5.41, 5.74) is 1.78. The van der Waals surface area contributed by atoms with Gasteiger partial charge in [0.15, 0.2) is 11.5 Å². The maximum atomic E-state index is 12.4. The van der Waals surface area contributed by atoms with Gasteiger partial charge in [-0.25, -0.2) is 4.98 Å². The number of nitrogens with one attached hydrogen (secondary N) is 1. The lowest BCUT2D eigenvalue weighted by Crippen LogP contribution is -2.30. The third-order valence-corrected chi connectivity index (χ3v) is 4.23. The zero-order chi connectivity index (χ0) is 18.9. The van der Waals surface area contributed by atoms with Gasteiger partial charge in [-0.3, -0.25) is 4.79 Å². The summed E-state index contributed by atoms with van der Waals surface area (Å²) in [6.45, 7) is 6.04. The van der Waals surface area contributed by atoms with Crippen LogP contribution in [0.25, 0.3) is 0 Å². The van der Waals surface area contributed by atoms with E-state index in [9.17, 15) is 4.79 Å². The number of amides is 1. The maximum absolute atomic E-state index is 12.4. The Morgan fingerprint density at radius 2 is 1.81 bits per heavy atom. The van der Waals surface area contributed by atoms with E-state index in [1.54, 1.807) is 37.4 Å². The van der Waals surface area contributed by atoms with Crippen LogP contribution in [0.5, 0.6) is 11.5 Å². The van der Waals surface area contributed by atoms with Crippen LogP contribution in [-0.2, 0) is 6.42 Å². The van der Waals surface area contributed by atoms with Crippen molar-refractivity contribution in [2.24, 2.45) is 0 Å². The van der Waals surface area contributed by atoms with Crippen LogP contribution in [0.1, 0.15) is 29.8 Å². The number of carbonyl (C=O) groups excluding carboxylic acids is 1. The van der Waals surface area contributed by atoms with Crippen LogP contribution < -0.4 is 14.8 Å². The number of nitrogens with zero attached hydrogens (tertiary/aromatic N) is 2. The second-order valence-corrected chi connectivity index (χ2v) is 5.77. The Morgan fingerprint density at radius 1 is 1.08 bits per heavy atom. The molecule has 0 saturated heterocycles. The molecule has 6 heteroatoms. The Bertz CT molecular complexity index is 730. The Morgan fingerprint density at radius 3 is 2.46 bits per heavy atom. The molecule has 140 valence electrons. The first-order valence-corrected chi connectivity index (χ1v) is 8.83. The molecule has 0 aliphatic carbocycles. The number of carbonyl (C=O) groups is 1. The first-order chi connectivity index (χ1) is 12.6. The molecular formula is C20H27N3O3. The summed E-state index contributed by atoms with van der Waals surface area (Å²) in [6.07, 6.45) is 2.46. The van der Waals surface area contributed by atoms with E-state index in [1.807, 2.05) is 32.0 Å². The SMILES string of the molecule is CCN(CC)C(=O)c1ccnc(NCCc2ccc(OC)c(OC)c2)c1. The van der Waals surface area contributed by atoms with Crippen LogP contribution in [-0.4, -0.2) is 49.6 Å². The van der Waals surface area contributed by atoms with Gasteiger partial charge in [0.1, 0.15) is 5.82 Å². The Hall–Kier alpha value is -2.76. The van der Waals surface area contributed by atoms with Crippen LogP contribution in [0.3, 0.4) is 0 Å². The molecule has 0 radical (unpaired) electrons. The number of rotatable bonds is 9. The molecule has 26 heavy (non-hydrogen) atoms. The van der Waals surface area contributed by atoms with Crippen molar-refractivity contribution < 1.29 is 14.3 Å². The van der Waals surface area contributed by atoms with Gasteiger partial charge in [-0.1, -0.05) is 6.07 Å². The predicted octanol–water partition coefficient (Wildman–Crippen LogP) is 3.24. The van der Waals surface area contributed by atoms with E-state index in [4.69, 9.17) is 9.47 Å². The van der Waals surface area contributed by atoms with Gasteiger partial charge in [-0.05, 0) is 50.1 Å². The number of hydrogen-bond donors (Lipinski definition) is 1. The molecule has 2 rings (SSSR count). The fourth-order valence-corrected chi connectivity index (χ4v) is 2.72. The molecule has 1 N–H and O–H groups in total. The standard InChI is InChI=1S/C20H27N3O3/c1-5-23(6-2)20(24)16-10-12-22-19(14-16)21-11-9-15-7-8-17(25-3)18(13-15)26-4/h7-8,10,12-14H,5-6,9,11H2,1-4H3,(H,21,22). The molecule has 1 aromatic carbocycles. The zero-order valence-corrected chi connectivity index (χ0v) is 15.9. The number of pyridine rings is 1. The van der Waals surface area contributed by atoms with Crippen molar-refractivity contribution in [3.05, 3.63) is 47.7 Å². The molecule has 0 saturated carbocycles. The lowest BCUT2D eigenvalue weighted by molar-refractivity contribution is 0.0773. The third kappa shape index (κ3) is 4.88. The second-order valence-electron chi connectivity index (χ2n) is 5.77. The van der Waals surface area contributed by atoms with Gasteiger partial charge in [0.05, 0.1) is 14.2 Å². The number of ether oxygens (including phenoxy) is 2. The lowest BCUT2D eigenvalue weighted by atomic mass is 10.1. The molecule has 0 atom stereocenters. The van der Waals surface area contributed by atoms with Crippen molar-refractivity contribution in [2.45, 2.75) is 20.3 Å². The van der Waals surface area contributed by atoms with Crippen LogP contribution >= 0.6 is 0 Å². The van der Waals surface area contributed by atoms with E-state index in [1.165, 1.54) is 0 Å². The highest BCUT2D eigenvalue weighted by Crippen LogP contribution is 2.27. The molecule has 2 aromatic rings. The van der Waals surface area contributed by atoms with Crippen LogP contribution in [0.2, 0.25) is 0 Å². The second kappa shape index (κ2) is 9.65. The van der Waals surface area contributed by atoms with E-state index >= 15 is 0 Å². The first-order valence-electron chi connectivity index (χ1n) is 8.83. The number of anilines is 1. The fourth-order valence-electron chi connectivity index (χ4n) is 2.72. The van der Waals surface area contributed by atoms with Gasteiger partial charge >= 0.3 is 0 Å². The van der Waals surface area contributed by atoms with E-state index < -0.39 is 0 Å². The Labute approximate surface area is 155 Å². The number of aromatic nitrogens is 1. The van der Waals surface area contributed by atoms with Crippen LogP contribution in [0, 0.1) is 0 Å². The van der Waals surface area contributed by atoms with Crippen molar-refractivity contribution >= 4 is 11.7 Å². The molecule has 1 aromatic heterocycles. The van der Waals surface area contributed by atoms with Crippen LogP contribution in [0.15, 0.2) is 36.5 Å². The van der Waals surface area contributed by atoms with Crippen molar-refractivity contribution in [1.29, 1.82) is 0 Å². The monoisotopic (exact) mass is 357 g/mol. The highest BCUT2D eigenvalue weighted by molar-refractivity contribution is 5.94. The first kappa shape index (κ1) is 19.6. The number of benzene rings is 1. The Kier molecular flexibility index (Phi) is 7.26. The fraction of sp³-hybridized carbons (Fsp3) is 0.400. The quantitative estimate of drug-likeness (QED) is 0.746. The van der Waals surface area contributed by atoms with E-state index in [0.29, 0.717) is 36.8 Å². The van der Waals surface area contributed by atoms with Crippen molar-refractivity contribution in [3.8, 4) is 11.5 Å². The molecule has 0 aliphatic rings. The van der Waals surface area contributed by atoms with Crippen LogP contribution in [0.4, 0.5) is 5.82 Å². The number of methoxy groups -OCH3 is 2. The summed E-state index contributed by atoms with van der Waals surface area (Å²) in [7, 11) is 3.25. The van der Waals surface area contributed by atoms with Gasteiger partial charge in [0, 0.05) is 31.4 Å². The number of hydrogen-bond acceptors (Lipinski definition) is 5. The van der Waals surface area contributed by atoms with Gasteiger partial charge in [-0.2, -0.15) is 0 Å². The molecule has 1 amide bonds. The van der Waals surface area contributed by atoms with E-state index in [-0.39, 0.29) is 5.91 Å². The molecule has 6 nitrogen and oxygen atoms in total. The zero-order valence-electron chi connectivity index (χ0n) is 15.9. The molecule has 0 unspecified atom stereocenters. The topological polar surface area (TPSA) is 63.7 Å². The van der Waals surface area contributed by atoms with Crippen molar-refractivity contribution in [3.63, 3.8) is 0 Å². The molecule has 0 bridgehead atoms. The van der Waals surface area contributed by atoms with Gasteiger partial charge < -0.3 is 19.7 Å². The highest BCUT2D eigenvalue weighted by atomic mass is 16.5. The largest absolute Gasteiger partial charge is 0.493 e. The smallest absolute Gasteiger partial charge is 0.254 e. The van der Waals surface area contributed by atoms with Gasteiger partial charge in [0.25, 0.3) is 5.91 Å². The molecule has 0 aliphatic heterocycles. The molecule has 0 spiro atoms. The Balaban J connectivity index is 1.98. The van der Waals surface area contributed by atoms with Crippen molar-refractivity contribution in [2.75, 3.05) is 39.2 Å². The van der Waals surface area contributed by atoms with Crippen molar-refractivity contribution in [1.82, 2.24) is 9.88 Å². The molecule has 1 heterocycles. The van der Waals surface area contributed by atoms with E-state index in [2.05, 4.69) is 10.3 Å². The highest BCUT2D eigenvalue weighted by Gasteiger charge is 2.13.